The average molecular weight is 790 g/mol. The number of carbonyl (C=O) groups excluding carboxylic acids is 2. The van der Waals surface area contributed by atoms with E-state index >= 15 is 4.79 Å². The Morgan fingerprint density at radius 1 is 0.948 bits per heavy atom. The summed E-state index contributed by atoms with van der Waals surface area (Å²) in [4.78, 5) is 60.2. The van der Waals surface area contributed by atoms with Crippen LogP contribution in [0.2, 0.25) is 0 Å². The summed E-state index contributed by atoms with van der Waals surface area (Å²) in [6, 6.07) is 16.0. The molecule has 0 atom stereocenters. The minimum Gasteiger partial charge on any atom is -0.444 e. The van der Waals surface area contributed by atoms with Gasteiger partial charge in [0.05, 0.1) is 11.3 Å². The zero-order valence-electron chi connectivity index (χ0n) is 34.4. The first kappa shape index (κ1) is 40.4. The number of H-pyrrole nitrogens is 1. The van der Waals surface area contributed by atoms with Crippen LogP contribution in [-0.4, -0.2) is 94.0 Å². The molecule has 5 aromatic rings. The van der Waals surface area contributed by atoms with Crippen molar-refractivity contribution < 1.29 is 23.5 Å². The number of anilines is 2. The van der Waals surface area contributed by atoms with Crippen LogP contribution in [0.25, 0.3) is 33.8 Å². The quantitative estimate of drug-likeness (QED) is 0.168. The number of aromatic nitrogens is 4. The topological polar surface area (TPSA) is 126 Å². The molecule has 2 aliphatic heterocycles. The van der Waals surface area contributed by atoms with E-state index in [9.17, 15) is 14.0 Å². The number of halogens is 1. The van der Waals surface area contributed by atoms with Gasteiger partial charge in [-0.25, -0.2) is 19.2 Å². The molecule has 0 radical (unpaired) electrons. The number of rotatable bonds is 8. The van der Waals surface area contributed by atoms with E-state index in [4.69, 9.17) is 19.4 Å². The van der Waals surface area contributed by atoms with Gasteiger partial charge in [-0.05, 0) is 133 Å². The third-order valence-corrected chi connectivity index (χ3v) is 10.9. The molecule has 2 saturated heterocycles. The van der Waals surface area contributed by atoms with E-state index in [-0.39, 0.29) is 35.0 Å². The minimum atomic E-state index is -0.557. The van der Waals surface area contributed by atoms with E-state index in [1.165, 1.54) is 16.7 Å². The van der Waals surface area contributed by atoms with Gasteiger partial charge >= 0.3 is 6.09 Å². The normalized spacial score (nSPS) is 15.1. The van der Waals surface area contributed by atoms with Gasteiger partial charge in [-0.15, -0.1) is 0 Å². The molecule has 0 aliphatic carbocycles. The number of aryl methyl sites for hydroxylation is 2. The lowest BCUT2D eigenvalue weighted by molar-refractivity contribution is 0.0240. The van der Waals surface area contributed by atoms with E-state index in [0.717, 1.165) is 47.6 Å². The van der Waals surface area contributed by atoms with Crippen molar-refractivity contribution in [3.63, 3.8) is 0 Å². The molecule has 5 heterocycles. The maximum absolute atomic E-state index is 15.1. The summed E-state index contributed by atoms with van der Waals surface area (Å²) in [6.07, 6.45) is 4.87. The van der Waals surface area contributed by atoms with Gasteiger partial charge in [0.1, 0.15) is 17.2 Å². The summed E-state index contributed by atoms with van der Waals surface area (Å²) in [7, 11) is 0. The molecular weight excluding hydrogens is 738 g/mol. The third-order valence-electron chi connectivity index (χ3n) is 10.9. The monoisotopic (exact) mass is 789 g/mol. The van der Waals surface area contributed by atoms with Crippen LogP contribution in [0.1, 0.15) is 67.7 Å². The molecule has 0 unspecified atom stereocenters. The van der Waals surface area contributed by atoms with Gasteiger partial charge in [0.25, 0.3) is 11.5 Å². The van der Waals surface area contributed by atoms with Gasteiger partial charge in [-0.1, -0.05) is 0 Å². The molecule has 1 N–H and O–H groups in total. The Morgan fingerprint density at radius 2 is 1.64 bits per heavy atom. The van der Waals surface area contributed by atoms with Crippen molar-refractivity contribution >= 4 is 23.5 Å². The molecule has 7 rings (SSSR count). The number of carbonyl (C=O) groups is 2. The van der Waals surface area contributed by atoms with Gasteiger partial charge in [0, 0.05) is 92.4 Å². The number of piperazine rings is 1. The van der Waals surface area contributed by atoms with Crippen LogP contribution < -0.4 is 15.4 Å². The van der Waals surface area contributed by atoms with Crippen LogP contribution in [0.5, 0.6) is 0 Å². The maximum atomic E-state index is 15.1. The zero-order chi connectivity index (χ0) is 41.3. The van der Waals surface area contributed by atoms with Crippen LogP contribution in [-0.2, 0) is 9.47 Å². The van der Waals surface area contributed by atoms with Crippen LogP contribution in [0.3, 0.4) is 0 Å². The number of nitrogens with zero attached hydrogens (tertiary/aromatic N) is 6. The number of benzene rings is 2. The summed E-state index contributed by atoms with van der Waals surface area (Å²) in [5.74, 6) is 0.248. The second-order valence-electron chi connectivity index (χ2n) is 16.1. The molecule has 3 aromatic heterocycles. The Balaban J connectivity index is 1.29. The Morgan fingerprint density at radius 3 is 2.26 bits per heavy atom. The van der Waals surface area contributed by atoms with Gasteiger partial charge < -0.3 is 29.2 Å². The lowest BCUT2D eigenvalue weighted by atomic mass is 9.95. The molecule has 304 valence electrons. The number of hydrogen-bond acceptors (Lipinski definition) is 9. The lowest BCUT2D eigenvalue weighted by Gasteiger charge is -2.37. The molecule has 1 amide bonds. The second kappa shape index (κ2) is 16.6. The van der Waals surface area contributed by atoms with Crippen molar-refractivity contribution in [2.24, 2.45) is 0 Å². The Kier molecular flexibility index (Phi) is 11.5. The fourth-order valence-corrected chi connectivity index (χ4v) is 7.93. The smallest absolute Gasteiger partial charge is 0.410 e. The van der Waals surface area contributed by atoms with Crippen LogP contribution in [0.15, 0.2) is 71.8 Å². The molecule has 12 nitrogen and oxygen atoms in total. The average Bonchev–Trinajstić information content (AvgIpc) is 3.63. The summed E-state index contributed by atoms with van der Waals surface area (Å²) in [5, 5.41) is 0. The third kappa shape index (κ3) is 8.54. The van der Waals surface area contributed by atoms with Gasteiger partial charge in [0.2, 0.25) is 0 Å². The number of aromatic amines is 1. The molecule has 0 spiro atoms. The maximum Gasteiger partial charge on any atom is 0.410 e. The first-order valence-corrected chi connectivity index (χ1v) is 20.0. The molecule has 2 aliphatic rings. The van der Waals surface area contributed by atoms with Crippen molar-refractivity contribution in [2.45, 2.75) is 73.0 Å². The molecule has 0 saturated carbocycles. The number of ether oxygens (including phenoxy) is 2. The standard InChI is InChI=1S/C45H52FN7O5/c1-8-52(35-15-21-57-22-16-35)38-25-33(32-11-14-39(47-26-32)50-17-19-51(20-18-50)44(56)58-45(5,6)7)24-36(30(38)4)43(55)53-27-37(31-9-12-34(46)13-10-31)49-41(53)40-28(2)23-29(3)48-42(40)54/h9-14,23-27,35H,8,15-22H2,1-7H3,(H,48,54). The highest BCUT2D eigenvalue weighted by Crippen LogP contribution is 2.36. The highest BCUT2D eigenvalue weighted by atomic mass is 19.1. The van der Waals surface area contributed by atoms with Crippen molar-refractivity contribution in [3.05, 3.63) is 106 Å². The zero-order valence-corrected chi connectivity index (χ0v) is 34.4. The van der Waals surface area contributed by atoms with Crippen molar-refractivity contribution in [2.75, 3.05) is 55.7 Å². The second-order valence-corrected chi connectivity index (χ2v) is 16.1. The first-order valence-electron chi connectivity index (χ1n) is 20.0. The lowest BCUT2D eigenvalue weighted by Crippen LogP contribution is -2.50. The molecule has 0 bridgehead atoms. The van der Waals surface area contributed by atoms with Gasteiger partial charge in [0.15, 0.2) is 5.82 Å². The first-order chi connectivity index (χ1) is 27.7. The van der Waals surface area contributed by atoms with Crippen LogP contribution in [0, 0.1) is 26.6 Å². The van der Waals surface area contributed by atoms with Crippen LogP contribution >= 0.6 is 0 Å². The van der Waals surface area contributed by atoms with Crippen LogP contribution in [0.4, 0.5) is 20.7 Å². The summed E-state index contributed by atoms with van der Waals surface area (Å²) in [6.45, 7) is 17.6. The van der Waals surface area contributed by atoms with E-state index in [0.29, 0.717) is 67.5 Å². The predicted molar refractivity (Wildman–Crippen MR) is 224 cm³/mol. The van der Waals surface area contributed by atoms with Crippen molar-refractivity contribution in [3.8, 4) is 33.8 Å². The molecule has 58 heavy (non-hydrogen) atoms. The van der Waals surface area contributed by atoms with E-state index in [1.54, 1.807) is 23.2 Å². The number of pyridine rings is 2. The Labute approximate surface area is 338 Å². The van der Waals surface area contributed by atoms with E-state index < -0.39 is 11.4 Å². The van der Waals surface area contributed by atoms with Crippen molar-refractivity contribution in [1.82, 2.24) is 24.4 Å². The number of amides is 1. The number of nitrogens with one attached hydrogen (secondary N) is 1. The summed E-state index contributed by atoms with van der Waals surface area (Å²) >= 11 is 0. The van der Waals surface area contributed by atoms with E-state index in [2.05, 4.69) is 27.8 Å². The van der Waals surface area contributed by atoms with Crippen molar-refractivity contribution in [1.29, 1.82) is 0 Å². The predicted octanol–water partition coefficient (Wildman–Crippen LogP) is 7.78. The SMILES string of the molecule is CCN(c1cc(-c2ccc(N3CCN(C(=O)OC(C)(C)C)CC3)nc2)cc(C(=O)n2cc(-c3ccc(F)cc3)nc2-c2c(C)cc(C)[nH]c2=O)c1C)C1CCOCC1. The Hall–Kier alpha value is -5.82. The largest absolute Gasteiger partial charge is 0.444 e. The fourth-order valence-electron chi connectivity index (χ4n) is 7.93. The fraction of sp³-hybridized carbons (Fsp3) is 0.400. The molecular formula is C45H52FN7O5. The van der Waals surface area contributed by atoms with Gasteiger partial charge in [-0.3, -0.25) is 14.2 Å². The minimum absolute atomic E-state index is 0.198. The summed E-state index contributed by atoms with van der Waals surface area (Å²) < 4.78 is 26.7. The number of hydrogen-bond donors (Lipinski definition) is 1. The molecule has 2 aromatic carbocycles. The van der Waals surface area contributed by atoms with Gasteiger partial charge in [-0.2, -0.15) is 0 Å². The highest BCUT2D eigenvalue weighted by molar-refractivity contribution is 6.02. The Bertz CT molecular complexity index is 2350. The number of imidazole rings is 1. The van der Waals surface area contributed by atoms with E-state index in [1.807, 2.05) is 72.0 Å². The molecule has 2 fully saturated rings. The molecule has 13 heteroatoms. The summed E-state index contributed by atoms with van der Waals surface area (Å²) in [5.41, 5.74) is 5.60. The highest BCUT2D eigenvalue weighted by Gasteiger charge is 2.29.